The van der Waals surface area contributed by atoms with E-state index in [4.69, 9.17) is 0 Å². The minimum atomic E-state index is -0.728. The molecule has 0 aliphatic carbocycles. The van der Waals surface area contributed by atoms with Crippen molar-refractivity contribution < 1.29 is 9.59 Å². The maximum atomic E-state index is 14.3. The smallest absolute Gasteiger partial charge is 0.336 e. The average Bonchev–Trinajstić information content (AvgIpc) is 3.42. The summed E-state index contributed by atoms with van der Waals surface area (Å²) in [7, 11) is 0. The fourth-order valence-corrected chi connectivity index (χ4v) is 5.75. The molecule has 190 valence electrons. The Morgan fingerprint density at radius 3 is 1.76 bits per heavy atom. The Morgan fingerprint density at radius 1 is 0.632 bits per heavy atom. The number of benzene rings is 4. The molecule has 6 heteroatoms. The van der Waals surface area contributed by atoms with E-state index in [2.05, 4.69) is 53.1 Å². The van der Waals surface area contributed by atoms with Crippen molar-refractivity contribution in [2.75, 3.05) is 32.7 Å². The molecular weight excluding hydrogens is 472 g/mol. The molecule has 1 fully saturated rings. The molecule has 0 bridgehead atoms. The number of carbonyl (C=O) groups excluding carboxylic acids is 2. The quantitative estimate of drug-likeness (QED) is 0.293. The molecule has 2 aliphatic heterocycles. The number of amides is 3. The number of likely N-dealkylation sites (N-methyl/N-ethyl adjacent to an activating group) is 1. The lowest BCUT2D eigenvalue weighted by molar-refractivity contribution is -0.118. The van der Waals surface area contributed by atoms with Crippen LogP contribution in [0.4, 0.5) is 27.5 Å². The van der Waals surface area contributed by atoms with Crippen molar-refractivity contribution in [2.45, 2.75) is 25.6 Å². The van der Waals surface area contributed by atoms with Crippen molar-refractivity contribution >= 4 is 34.7 Å². The molecule has 4 aromatic rings. The van der Waals surface area contributed by atoms with E-state index >= 15 is 0 Å². The molecule has 6 rings (SSSR count). The second-order valence-corrected chi connectivity index (χ2v) is 9.56. The molecule has 0 aromatic heterocycles. The van der Waals surface area contributed by atoms with E-state index in [-0.39, 0.29) is 18.1 Å². The third kappa shape index (κ3) is 3.98. The number of nitrogens with zero attached hydrogens (tertiary/aromatic N) is 4. The van der Waals surface area contributed by atoms with Crippen molar-refractivity contribution in [1.82, 2.24) is 0 Å². The van der Waals surface area contributed by atoms with Gasteiger partial charge in [-0.05, 0) is 55.3 Å². The van der Waals surface area contributed by atoms with Crippen molar-refractivity contribution in [3.05, 3.63) is 121 Å². The van der Waals surface area contributed by atoms with E-state index < -0.39 is 6.04 Å². The van der Waals surface area contributed by atoms with Crippen LogP contribution in [0.25, 0.3) is 0 Å². The lowest BCUT2D eigenvalue weighted by Gasteiger charge is -2.38. The molecule has 1 saturated heterocycles. The number of fused-ring (bicyclic) bond motifs is 1. The van der Waals surface area contributed by atoms with Crippen LogP contribution < -0.4 is 19.6 Å². The first-order valence-corrected chi connectivity index (χ1v) is 13.1. The highest BCUT2D eigenvalue weighted by molar-refractivity contribution is 6.29. The molecule has 0 saturated carbocycles. The average molecular weight is 503 g/mol. The van der Waals surface area contributed by atoms with Gasteiger partial charge in [-0.1, -0.05) is 78.9 Å². The van der Waals surface area contributed by atoms with Crippen LogP contribution in [0.2, 0.25) is 0 Å². The number of hydrogen-bond acceptors (Lipinski definition) is 4. The highest BCUT2D eigenvalue weighted by atomic mass is 16.2. The summed E-state index contributed by atoms with van der Waals surface area (Å²) < 4.78 is 0. The second-order valence-electron chi connectivity index (χ2n) is 9.56. The molecular formula is C32H30N4O2. The highest BCUT2D eigenvalue weighted by Gasteiger charge is 2.55. The molecule has 38 heavy (non-hydrogen) atoms. The molecule has 2 unspecified atom stereocenters. The zero-order valence-electron chi connectivity index (χ0n) is 21.4. The van der Waals surface area contributed by atoms with Crippen LogP contribution in [0.5, 0.6) is 0 Å². The van der Waals surface area contributed by atoms with Gasteiger partial charge in [0.1, 0.15) is 6.17 Å². The number of carbonyl (C=O) groups is 2. The third-order valence-electron chi connectivity index (χ3n) is 7.44. The van der Waals surface area contributed by atoms with Gasteiger partial charge in [0.05, 0.1) is 17.1 Å². The molecule has 0 spiro atoms. The number of anilines is 4. The number of hydrogen-bond donors (Lipinski definition) is 0. The van der Waals surface area contributed by atoms with Gasteiger partial charge >= 0.3 is 6.03 Å². The van der Waals surface area contributed by atoms with Gasteiger partial charge in [-0.15, -0.1) is 0 Å². The van der Waals surface area contributed by atoms with E-state index in [1.165, 1.54) is 10.5 Å². The summed E-state index contributed by atoms with van der Waals surface area (Å²) in [6.07, 6.45) is 0.470. The van der Waals surface area contributed by atoms with E-state index in [9.17, 15) is 9.59 Å². The summed E-state index contributed by atoms with van der Waals surface area (Å²) >= 11 is 0. The maximum absolute atomic E-state index is 14.3. The minimum absolute atomic E-state index is 0.217. The molecule has 2 heterocycles. The first-order valence-electron chi connectivity index (χ1n) is 13.1. The molecule has 6 nitrogen and oxygen atoms in total. The number of imide groups is 1. The van der Waals surface area contributed by atoms with Crippen LogP contribution in [-0.2, 0) is 11.2 Å². The SMILES string of the molecule is CCN1c2ccccc2N(CCc2ccccc2)C1C1C(=O)N(c2ccccc2)C(=O)N1c1ccccc1. The van der Waals surface area contributed by atoms with Crippen LogP contribution in [0, 0.1) is 0 Å². The molecule has 2 aliphatic rings. The molecule has 0 radical (unpaired) electrons. The normalized spacial score (nSPS) is 18.9. The molecule has 0 N–H and O–H groups in total. The van der Waals surface area contributed by atoms with Gasteiger partial charge in [0, 0.05) is 18.8 Å². The number of urea groups is 1. The Bertz CT molecular complexity index is 1430. The van der Waals surface area contributed by atoms with E-state index in [1.54, 1.807) is 4.90 Å². The number of rotatable bonds is 7. The lowest BCUT2D eigenvalue weighted by Crippen LogP contribution is -2.59. The van der Waals surface area contributed by atoms with Gasteiger partial charge in [-0.2, -0.15) is 0 Å². The van der Waals surface area contributed by atoms with Crippen molar-refractivity contribution in [2.24, 2.45) is 0 Å². The largest absolute Gasteiger partial charge is 0.348 e. The van der Waals surface area contributed by atoms with Crippen molar-refractivity contribution in [3.63, 3.8) is 0 Å². The Kier molecular flexibility index (Phi) is 6.30. The first-order chi connectivity index (χ1) is 18.7. The van der Waals surface area contributed by atoms with E-state index in [0.29, 0.717) is 24.5 Å². The Hall–Kier alpha value is -4.58. The monoisotopic (exact) mass is 502 g/mol. The molecule has 3 amide bonds. The lowest BCUT2D eigenvalue weighted by atomic mass is 10.1. The Morgan fingerprint density at radius 2 is 1.16 bits per heavy atom. The first kappa shape index (κ1) is 23.8. The Balaban J connectivity index is 1.46. The summed E-state index contributed by atoms with van der Waals surface area (Å²) in [4.78, 5) is 36.0. The zero-order chi connectivity index (χ0) is 26.1. The standard InChI is InChI=1S/C32H30N4O2/c1-2-33-27-20-12-13-21-28(27)34(23-22-24-14-6-3-7-15-24)30(33)29-31(37)36(26-18-10-5-11-19-26)32(38)35(29)25-16-8-4-9-17-25/h3-21,29-30H,2,22-23H2,1H3. The fraction of sp³-hybridized carbons (Fsp3) is 0.188. The van der Waals surface area contributed by atoms with Gasteiger partial charge < -0.3 is 9.80 Å². The van der Waals surface area contributed by atoms with Crippen molar-refractivity contribution in [3.8, 4) is 0 Å². The summed E-state index contributed by atoms with van der Waals surface area (Å²) in [5.74, 6) is -0.217. The second kappa shape index (κ2) is 10.1. The van der Waals surface area contributed by atoms with Crippen LogP contribution in [0.3, 0.4) is 0 Å². The summed E-state index contributed by atoms with van der Waals surface area (Å²) in [5, 5.41) is 0. The summed E-state index contributed by atoms with van der Waals surface area (Å²) in [6, 6.07) is 36.4. The van der Waals surface area contributed by atoms with Gasteiger partial charge in [0.15, 0.2) is 6.04 Å². The molecule has 4 aromatic carbocycles. The fourth-order valence-electron chi connectivity index (χ4n) is 5.75. The van der Waals surface area contributed by atoms with Crippen LogP contribution in [0.15, 0.2) is 115 Å². The summed E-state index contributed by atoms with van der Waals surface area (Å²) in [6.45, 7) is 3.52. The number of para-hydroxylation sites is 4. The predicted octanol–water partition coefficient (Wildman–Crippen LogP) is 5.94. The van der Waals surface area contributed by atoms with Gasteiger partial charge in [0.25, 0.3) is 5.91 Å². The third-order valence-corrected chi connectivity index (χ3v) is 7.44. The van der Waals surface area contributed by atoms with Gasteiger partial charge in [-0.25, -0.2) is 9.69 Å². The van der Waals surface area contributed by atoms with E-state index in [1.807, 2.05) is 78.9 Å². The van der Waals surface area contributed by atoms with Gasteiger partial charge in [-0.3, -0.25) is 9.69 Å². The maximum Gasteiger partial charge on any atom is 0.336 e. The Labute approximate surface area is 223 Å². The van der Waals surface area contributed by atoms with Crippen LogP contribution >= 0.6 is 0 Å². The predicted molar refractivity (Wildman–Crippen MR) is 153 cm³/mol. The van der Waals surface area contributed by atoms with Gasteiger partial charge in [0.2, 0.25) is 0 Å². The van der Waals surface area contributed by atoms with Crippen LogP contribution in [0.1, 0.15) is 12.5 Å². The summed E-state index contributed by atoms with van der Waals surface area (Å²) in [5.41, 5.74) is 4.70. The van der Waals surface area contributed by atoms with E-state index in [0.717, 1.165) is 17.8 Å². The highest BCUT2D eigenvalue weighted by Crippen LogP contribution is 2.44. The van der Waals surface area contributed by atoms with Crippen LogP contribution in [-0.4, -0.2) is 37.2 Å². The topological polar surface area (TPSA) is 47.1 Å². The van der Waals surface area contributed by atoms with Crippen molar-refractivity contribution in [1.29, 1.82) is 0 Å². The molecule has 2 atom stereocenters. The minimum Gasteiger partial charge on any atom is -0.348 e. The zero-order valence-corrected chi connectivity index (χ0v) is 21.4.